The molecule has 1 aliphatic rings. The molecule has 1 atom stereocenters. The van der Waals surface area contributed by atoms with E-state index in [1.165, 1.54) is 6.33 Å². The van der Waals surface area contributed by atoms with Crippen molar-refractivity contribution in [2.24, 2.45) is 0 Å². The van der Waals surface area contributed by atoms with Crippen LogP contribution in [0.25, 0.3) is 11.2 Å². The standard InChI is InChI=1S/C19H20N8OS.2C2HF3O2/c1-2-4-14(5-3-1)23-18-17-19(22-13-21-18)27(25-24-17)11-15-10-26(7-8-28-15)12-16-20-6-9-29-16;2*3-2(4,5)1(6)7/h1-6,9,13,15H,7-8,10-12H2,(H,21,22,23);2*(H,6,7). The Bertz CT molecular complexity index is 1450. The van der Waals surface area contributed by atoms with Crippen molar-refractivity contribution in [3.05, 3.63) is 53.2 Å². The third-order valence-electron chi connectivity index (χ3n) is 5.26. The minimum absolute atomic E-state index is 0.0223. The molecule has 4 aromatic rings. The van der Waals surface area contributed by atoms with Gasteiger partial charge in [-0.1, -0.05) is 23.4 Å². The zero-order valence-electron chi connectivity index (χ0n) is 21.7. The highest BCUT2D eigenvalue weighted by molar-refractivity contribution is 7.09. The van der Waals surface area contributed by atoms with Crippen LogP contribution in [0.1, 0.15) is 5.01 Å². The van der Waals surface area contributed by atoms with Crippen molar-refractivity contribution in [2.45, 2.75) is 31.5 Å². The second kappa shape index (κ2) is 14.6. The van der Waals surface area contributed by atoms with E-state index in [9.17, 15) is 26.3 Å². The van der Waals surface area contributed by atoms with Gasteiger partial charge in [-0.25, -0.2) is 29.2 Å². The number of thiazole rings is 1. The second-order valence-corrected chi connectivity index (χ2v) is 9.40. The largest absolute Gasteiger partial charge is 0.490 e. The Morgan fingerprint density at radius 2 is 1.67 bits per heavy atom. The van der Waals surface area contributed by atoms with Crippen LogP contribution in [0.5, 0.6) is 0 Å². The van der Waals surface area contributed by atoms with Gasteiger partial charge in [0.1, 0.15) is 11.3 Å². The molecule has 232 valence electrons. The number of aromatic nitrogens is 6. The van der Waals surface area contributed by atoms with Crippen LogP contribution in [0.3, 0.4) is 0 Å². The third-order valence-corrected chi connectivity index (χ3v) is 6.03. The molecule has 4 heterocycles. The molecular weight excluding hydrogens is 614 g/mol. The summed E-state index contributed by atoms with van der Waals surface area (Å²) >= 11 is 1.68. The van der Waals surface area contributed by atoms with Gasteiger partial charge >= 0.3 is 24.3 Å². The first-order valence-electron chi connectivity index (χ1n) is 11.9. The zero-order chi connectivity index (χ0) is 31.6. The van der Waals surface area contributed by atoms with Crippen LogP contribution in [-0.2, 0) is 27.4 Å². The highest BCUT2D eigenvalue weighted by atomic mass is 32.1. The lowest BCUT2D eigenvalue weighted by molar-refractivity contribution is -0.193. The lowest BCUT2D eigenvalue weighted by Crippen LogP contribution is -2.43. The number of halogens is 6. The topological polar surface area (TPSA) is 168 Å². The van der Waals surface area contributed by atoms with E-state index in [-0.39, 0.29) is 6.10 Å². The van der Waals surface area contributed by atoms with Gasteiger partial charge in [0, 0.05) is 30.4 Å². The third kappa shape index (κ3) is 10.4. The van der Waals surface area contributed by atoms with E-state index in [4.69, 9.17) is 24.5 Å². The molecule has 0 saturated carbocycles. The van der Waals surface area contributed by atoms with Crippen LogP contribution in [0.15, 0.2) is 48.2 Å². The van der Waals surface area contributed by atoms with Crippen LogP contribution in [-0.4, -0.2) is 95.2 Å². The Kier molecular flexibility index (Phi) is 11.3. The van der Waals surface area contributed by atoms with E-state index < -0.39 is 24.3 Å². The first-order chi connectivity index (χ1) is 20.2. The quantitative estimate of drug-likeness (QED) is 0.264. The maximum Gasteiger partial charge on any atom is 0.490 e. The van der Waals surface area contributed by atoms with Gasteiger partial charge in [0.25, 0.3) is 0 Å². The molecule has 0 radical (unpaired) electrons. The molecule has 13 nitrogen and oxygen atoms in total. The van der Waals surface area contributed by atoms with Crippen molar-refractivity contribution in [1.29, 1.82) is 0 Å². The summed E-state index contributed by atoms with van der Waals surface area (Å²) in [4.78, 5) is 33.3. The van der Waals surface area contributed by atoms with Crippen molar-refractivity contribution >= 4 is 45.9 Å². The molecule has 0 aliphatic carbocycles. The minimum atomic E-state index is -5.08. The van der Waals surface area contributed by atoms with E-state index in [1.807, 2.05) is 41.9 Å². The first kappa shape index (κ1) is 33.1. The van der Waals surface area contributed by atoms with Gasteiger partial charge in [-0.2, -0.15) is 26.3 Å². The molecule has 1 aromatic carbocycles. The number of rotatable bonds is 6. The summed E-state index contributed by atoms with van der Waals surface area (Å²) in [7, 11) is 0. The van der Waals surface area contributed by atoms with Crippen molar-refractivity contribution in [3.8, 4) is 0 Å². The fourth-order valence-corrected chi connectivity index (χ4v) is 4.07. The summed E-state index contributed by atoms with van der Waals surface area (Å²) in [5.41, 5.74) is 2.28. The summed E-state index contributed by atoms with van der Waals surface area (Å²) < 4.78 is 71.2. The number of nitrogens with one attached hydrogen (secondary N) is 1. The van der Waals surface area contributed by atoms with Crippen LogP contribution >= 0.6 is 11.3 Å². The van der Waals surface area contributed by atoms with Crippen molar-refractivity contribution in [1.82, 2.24) is 34.8 Å². The highest BCUT2D eigenvalue weighted by Gasteiger charge is 2.38. The number of ether oxygens (including phenoxy) is 1. The highest BCUT2D eigenvalue weighted by Crippen LogP contribution is 2.22. The maximum absolute atomic E-state index is 10.6. The number of alkyl halides is 6. The second-order valence-electron chi connectivity index (χ2n) is 8.42. The normalized spacial score (nSPS) is 15.5. The van der Waals surface area contributed by atoms with E-state index >= 15 is 0 Å². The minimum Gasteiger partial charge on any atom is -0.475 e. The molecule has 0 bridgehead atoms. The van der Waals surface area contributed by atoms with Gasteiger partial charge in [0.2, 0.25) is 0 Å². The van der Waals surface area contributed by atoms with E-state index in [2.05, 4.69) is 35.5 Å². The fourth-order valence-electron chi connectivity index (χ4n) is 3.41. The van der Waals surface area contributed by atoms with Crippen LogP contribution in [0.4, 0.5) is 37.8 Å². The molecule has 1 aliphatic heterocycles. The number of morpholine rings is 1. The number of carboxylic acids is 2. The number of hydrogen-bond acceptors (Lipinski definition) is 11. The number of carbonyl (C=O) groups is 2. The predicted molar refractivity (Wildman–Crippen MR) is 137 cm³/mol. The Labute approximate surface area is 241 Å². The molecule has 5 rings (SSSR count). The fraction of sp³-hybridized carbons (Fsp3) is 0.348. The summed E-state index contributed by atoms with van der Waals surface area (Å²) in [6.07, 6.45) is -6.77. The number of hydrogen-bond donors (Lipinski definition) is 3. The maximum atomic E-state index is 10.6. The van der Waals surface area contributed by atoms with Gasteiger partial charge in [0.15, 0.2) is 17.0 Å². The van der Waals surface area contributed by atoms with Gasteiger partial charge in [-0.3, -0.25) is 4.90 Å². The molecule has 0 spiro atoms. The smallest absolute Gasteiger partial charge is 0.475 e. The van der Waals surface area contributed by atoms with Crippen LogP contribution < -0.4 is 5.32 Å². The summed E-state index contributed by atoms with van der Waals surface area (Å²) in [5.74, 6) is -4.87. The van der Waals surface area contributed by atoms with E-state index in [0.29, 0.717) is 30.1 Å². The summed E-state index contributed by atoms with van der Waals surface area (Å²) in [5, 5.41) is 29.3. The van der Waals surface area contributed by atoms with Crippen LogP contribution in [0, 0.1) is 0 Å². The van der Waals surface area contributed by atoms with E-state index in [0.717, 1.165) is 30.3 Å². The number of aliphatic carboxylic acids is 2. The number of para-hydroxylation sites is 1. The number of nitrogens with zero attached hydrogens (tertiary/aromatic N) is 7. The molecule has 0 amide bonds. The van der Waals surface area contributed by atoms with Crippen molar-refractivity contribution < 1.29 is 50.9 Å². The summed E-state index contributed by atoms with van der Waals surface area (Å²) in [6.45, 7) is 3.86. The molecule has 43 heavy (non-hydrogen) atoms. The molecule has 1 fully saturated rings. The van der Waals surface area contributed by atoms with Gasteiger partial charge in [-0.15, -0.1) is 16.4 Å². The SMILES string of the molecule is O=C(O)C(F)(F)F.O=C(O)C(F)(F)F.c1ccc(Nc2ncnc3c2nnn3CC2CN(Cc3nccs3)CCO2)cc1. The van der Waals surface area contributed by atoms with Gasteiger partial charge < -0.3 is 20.3 Å². The Morgan fingerprint density at radius 1 is 1.02 bits per heavy atom. The zero-order valence-corrected chi connectivity index (χ0v) is 22.5. The van der Waals surface area contributed by atoms with Crippen LogP contribution in [0.2, 0.25) is 0 Å². The van der Waals surface area contributed by atoms with Gasteiger partial charge in [0.05, 0.1) is 25.8 Å². The Morgan fingerprint density at radius 3 is 2.26 bits per heavy atom. The van der Waals surface area contributed by atoms with Gasteiger partial charge in [-0.05, 0) is 12.1 Å². The molecule has 1 saturated heterocycles. The lowest BCUT2D eigenvalue weighted by Gasteiger charge is -2.32. The molecule has 20 heteroatoms. The molecule has 3 aromatic heterocycles. The number of carboxylic acid groups (broad SMARTS) is 2. The number of fused-ring (bicyclic) bond motifs is 1. The van der Waals surface area contributed by atoms with Crippen molar-refractivity contribution in [2.75, 3.05) is 25.0 Å². The lowest BCUT2D eigenvalue weighted by atomic mass is 10.2. The molecule has 1 unspecified atom stereocenters. The van der Waals surface area contributed by atoms with Crippen molar-refractivity contribution in [3.63, 3.8) is 0 Å². The number of benzene rings is 1. The molecule has 3 N–H and O–H groups in total. The Hall–Kier alpha value is -4.43. The number of anilines is 2. The Balaban J connectivity index is 0.000000303. The average Bonchev–Trinajstić information content (AvgIpc) is 3.60. The first-order valence-corrected chi connectivity index (χ1v) is 12.8. The monoisotopic (exact) mass is 636 g/mol. The summed E-state index contributed by atoms with van der Waals surface area (Å²) in [6, 6.07) is 9.86. The van der Waals surface area contributed by atoms with E-state index in [1.54, 1.807) is 16.0 Å². The molecular formula is C23H22F6N8O5S. The average molecular weight is 637 g/mol. The predicted octanol–water partition coefficient (Wildman–Crippen LogP) is 3.59.